The molecule has 136 valence electrons. The third-order valence-electron chi connectivity index (χ3n) is 4.81. The van der Waals surface area contributed by atoms with Gasteiger partial charge >= 0.3 is 6.18 Å². The summed E-state index contributed by atoms with van der Waals surface area (Å²) in [5.74, 6) is 0. The minimum atomic E-state index is -4.37. The van der Waals surface area contributed by atoms with Crippen LogP contribution in [0.4, 0.5) is 13.2 Å². The third kappa shape index (κ3) is 3.41. The van der Waals surface area contributed by atoms with Crippen molar-refractivity contribution in [3.8, 4) is 0 Å². The highest BCUT2D eigenvalue weighted by Crippen LogP contribution is 2.32. The first-order chi connectivity index (χ1) is 12.5. The van der Waals surface area contributed by atoms with E-state index in [0.29, 0.717) is 5.52 Å². The van der Waals surface area contributed by atoms with Crippen molar-refractivity contribution in [1.29, 1.82) is 0 Å². The first-order valence-corrected chi connectivity index (χ1v) is 8.55. The molecule has 1 aliphatic heterocycles. The topological polar surface area (TPSA) is 46.8 Å². The number of nitrogens with zero attached hydrogens (tertiary/aromatic N) is 5. The summed E-state index contributed by atoms with van der Waals surface area (Å²) in [6.07, 6.45) is -0.813. The Morgan fingerprint density at radius 1 is 1.08 bits per heavy atom. The van der Waals surface area contributed by atoms with Crippen LogP contribution in [-0.2, 0) is 12.7 Å². The summed E-state index contributed by atoms with van der Waals surface area (Å²) < 4.78 is 40.3. The molecule has 1 fully saturated rings. The molecule has 1 saturated heterocycles. The quantitative estimate of drug-likeness (QED) is 0.714. The number of halogens is 3. The maximum absolute atomic E-state index is 12.8. The maximum atomic E-state index is 12.8. The summed E-state index contributed by atoms with van der Waals surface area (Å²) in [5.41, 5.74) is 1.29. The first kappa shape index (κ1) is 17.0. The molecular formula is C18H18F3N5. The molecule has 8 heteroatoms. The van der Waals surface area contributed by atoms with Gasteiger partial charge < -0.3 is 0 Å². The number of pyridine rings is 1. The molecule has 3 heterocycles. The van der Waals surface area contributed by atoms with Crippen molar-refractivity contribution < 1.29 is 13.2 Å². The van der Waals surface area contributed by atoms with Crippen LogP contribution in [0.2, 0.25) is 0 Å². The molecule has 0 N–H and O–H groups in total. The van der Waals surface area contributed by atoms with Crippen molar-refractivity contribution in [1.82, 2.24) is 24.9 Å². The summed E-state index contributed by atoms with van der Waals surface area (Å²) in [7, 11) is 0. The van der Waals surface area contributed by atoms with E-state index in [-0.39, 0.29) is 11.6 Å². The Morgan fingerprint density at radius 3 is 2.58 bits per heavy atom. The van der Waals surface area contributed by atoms with Crippen LogP contribution in [-0.4, -0.2) is 38.0 Å². The molecule has 0 bridgehead atoms. The standard InChI is InChI=1S/C18H18F3N5/c19-18(20,21)13-4-5-17-16(11-13)23-24-26(17)15-6-9-25(10-7-15)12-14-3-1-2-8-22-14/h1-5,8,11,15H,6-7,9-10,12H2. The van der Waals surface area contributed by atoms with Crippen LogP contribution in [0, 0.1) is 0 Å². The molecule has 0 aliphatic carbocycles. The van der Waals surface area contributed by atoms with Gasteiger partial charge in [0, 0.05) is 25.8 Å². The molecule has 2 aromatic heterocycles. The van der Waals surface area contributed by atoms with E-state index >= 15 is 0 Å². The number of rotatable bonds is 3. The molecule has 3 aromatic rings. The fourth-order valence-electron chi connectivity index (χ4n) is 3.43. The van der Waals surface area contributed by atoms with Gasteiger partial charge in [-0.3, -0.25) is 9.88 Å². The smallest absolute Gasteiger partial charge is 0.297 e. The monoisotopic (exact) mass is 361 g/mol. The zero-order chi connectivity index (χ0) is 18.1. The Kier molecular flexibility index (Phi) is 4.36. The molecule has 4 rings (SSSR count). The van der Waals surface area contributed by atoms with Crippen molar-refractivity contribution in [2.45, 2.75) is 31.6 Å². The number of alkyl halides is 3. The number of likely N-dealkylation sites (tertiary alicyclic amines) is 1. The Morgan fingerprint density at radius 2 is 1.88 bits per heavy atom. The molecule has 1 aromatic carbocycles. The summed E-state index contributed by atoms with van der Waals surface area (Å²) in [6, 6.07) is 9.67. The predicted molar refractivity (Wildman–Crippen MR) is 90.3 cm³/mol. The Labute approximate surface area is 148 Å². The minimum Gasteiger partial charge on any atom is -0.297 e. The van der Waals surface area contributed by atoms with E-state index in [1.165, 1.54) is 6.07 Å². The second-order valence-electron chi connectivity index (χ2n) is 6.56. The zero-order valence-corrected chi connectivity index (χ0v) is 14.0. The van der Waals surface area contributed by atoms with Crippen molar-refractivity contribution in [3.63, 3.8) is 0 Å². The average molecular weight is 361 g/mol. The largest absolute Gasteiger partial charge is 0.416 e. The highest BCUT2D eigenvalue weighted by atomic mass is 19.4. The van der Waals surface area contributed by atoms with Gasteiger partial charge in [-0.15, -0.1) is 5.10 Å². The normalized spacial score (nSPS) is 17.0. The maximum Gasteiger partial charge on any atom is 0.416 e. The van der Waals surface area contributed by atoms with Gasteiger partial charge in [0.15, 0.2) is 0 Å². The van der Waals surface area contributed by atoms with Gasteiger partial charge in [0.1, 0.15) is 5.52 Å². The molecule has 5 nitrogen and oxygen atoms in total. The summed E-state index contributed by atoms with van der Waals surface area (Å²) >= 11 is 0. The lowest BCUT2D eigenvalue weighted by Crippen LogP contribution is -2.34. The van der Waals surface area contributed by atoms with E-state index in [1.54, 1.807) is 10.9 Å². The molecule has 26 heavy (non-hydrogen) atoms. The number of fused-ring (bicyclic) bond motifs is 1. The Hall–Kier alpha value is -2.48. The number of aromatic nitrogens is 4. The van der Waals surface area contributed by atoms with Crippen molar-refractivity contribution in [2.75, 3.05) is 13.1 Å². The lowest BCUT2D eigenvalue weighted by molar-refractivity contribution is -0.137. The molecular weight excluding hydrogens is 343 g/mol. The number of hydrogen-bond donors (Lipinski definition) is 0. The van der Waals surface area contributed by atoms with E-state index < -0.39 is 11.7 Å². The van der Waals surface area contributed by atoms with E-state index in [4.69, 9.17) is 0 Å². The molecule has 0 radical (unpaired) electrons. The fourth-order valence-corrected chi connectivity index (χ4v) is 3.43. The van der Waals surface area contributed by atoms with E-state index in [9.17, 15) is 13.2 Å². The predicted octanol–water partition coefficient (Wildman–Crippen LogP) is 3.68. The Balaban J connectivity index is 1.46. The van der Waals surface area contributed by atoms with Gasteiger partial charge in [-0.25, -0.2) is 4.68 Å². The van der Waals surface area contributed by atoms with E-state index in [0.717, 1.165) is 50.3 Å². The van der Waals surface area contributed by atoms with Crippen LogP contribution < -0.4 is 0 Å². The summed E-state index contributed by atoms with van der Waals surface area (Å²) in [4.78, 5) is 6.68. The van der Waals surface area contributed by atoms with Gasteiger partial charge in [0.25, 0.3) is 0 Å². The number of piperidine rings is 1. The third-order valence-corrected chi connectivity index (χ3v) is 4.81. The van der Waals surface area contributed by atoms with Crippen LogP contribution in [0.15, 0.2) is 42.6 Å². The summed E-state index contributed by atoms with van der Waals surface area (Å²) in [6.45, 7) is 2.59. The Bertz CT molecular complexity index is 883. The number of benzene rings is 1. The van der Waals surface area contributed by atoms with Crippen molar-refractivity contribution >= 4 is 11.0 Å². The van der Waals surface area contributed by atoms with Gasteiger partial charge in [-0.1, -0.05) is 11.3 Å². The molecule has 1 aliphatic rings. The van der Waals surface area contributed by atoms with Crippen LogP contribution in [0.3, 0.4) is 0 Å². The molecule has 0 amide bonds. The second-order valence-corrected chi connectivity index (χ2v) is 6.56. The fraction of sp³-hybridized carbons (Fsp3) is 0.389. The molecule has 0 spiro atoms. The van der Waals surface area contributed by atoms with E-state index in [1.807, 2.05) is 18.2 Å². The highest BCUT2D eigenvalue weighted by molar-refractivity contribution is 5.75. The van der Waals surface area contributed by atoms with Crippen LogP contribution in [0.25, 0.3) is 11.0 Å². The van der Waals surface area contributed by atoms with Crippen LogP contribution in [0.5, 0.6) is 0 Å². The second kappa shape index (κ2) is 6.68. The highest BCUT2D eigenvalue weighted by Gasteiger charge is 2.31. The summed E-state index contributed by atoms with van der Waals surface area (Å²) in [5, 5.41) is 8.06. The van der Waals surface area contributed by atoms with Gasteiger partial charge in [-0.2, -0.15) is 13.2 Å². The molecule has 0 atom stereocenters. The lowest BCUT2D eigenvalue weighted by atomic mass is 10.0. The first-order valence-electron chi connectivity index (χ1n) is 8.55. The average Bonchev–Trinajstić information content (AvgIpc) is 3.06. The van der Waals surface area contributed by atoms with Crippen LogP contribution >= 0.6 is 0 Å². The molecule has 0 saturated carbocycles. The zero-order valence-electron chi connectivity index (χ0n) is 14.0. The van der Waals surface area contributed by atoms with E-state index in [2.05, 4.69) is 20.2 Å². The molecule has 0 unspecified atom stereocenters. The SMILES string of the molecule is FC(F)(F)c1ccc2c(c1)nnn2C1CCN(Cc2ccccn2)CC1. The van der Waals surface area contributed by atoms with Crippen molar-refractivity contribution in [3.05, 3.63) is 53.9 Å². The van der Waals surface area contributed by atoms with Crippen molar-refractivity contribution in [2.24, 2.45) is 0 Å². The van der Waals surface area contributed by atoms with Crippen LogP contribution in [0.1, 0.15) is 30.1 Å². The minimum absolute atomic E-state index is 0.150. The van der Waals surface area contributed by atoms with Gasteiger partial charge in [0.05, 0.1) is 22.8 Å². The number of hydrogen-bond acceptors (Lipinski definition) is 4. The van der Waals surface area contributed by atoms with Gasteiger partial charge in [-0.05, 0) is 43.2 Å². The van der Waals surface area contributed by atoms with Gasteiger partial charge in [0.2, 0.25) is 0 Å². The lowest BCUT2D eigenvalue weighted by Gasteiger charge is -2.31.